The summed E-state index contributed by atoms with van der Waals surface area (Å²) in [7, 11) is 0. The number of fused-ring (bicyclic) bond motifs is 1. The summed E-state index contributed by atoms with van der Waals surface area (Å²) in [6.07, 6.45) is 1.61. The van der Waals surface area contributed by atoms with Gasteiger partial charge in [-0.2, -0.15) is 0 Å². The van der Waals surface area contributed by atoms with Crippen molar-refractivity contribution < 1.29 is 9.90 Å². The molecule has 6 heteroatoms. The first-order valence-electron chi connectivity index (χ1n) is 7.61. The Morgan fingerprint density at radius 1 is 1.25 bits per heavy atom. The summed E-state index contributed by atoms with van der Waals surface area (Å²) in [4.78, 5) is 29.3. The van der Waals surface area contributed by atoms with Gasteiger partial charge in [0.2, 0.25) is 0 Å². The summed E-state index contributed by atoms with van der Waals surface area (Å²) in [5.74, 6) is -0.674. The standard InChI is InChI=1S/C18H17N3O3/c1-3-21-13-7-5-4-6-12(13)16(22)15(18(21)24)17(23)20-14-9-8-11(2)10-19-14/h4-10,22H,3H2,1-2H3,(H,19,20,23). The quantitative estimate of drug-likeness (QED) is 0.776. The molecular weight excluding hydrogens is 306 g/mol. The van der Waals surface area contributed by atoms with Gasteiger partial charge in [-0.15, -0.1) is 0 Å². The fraction of sp³-hybridized carbons (Fsp3) is 0.167. The normalized spacial score (nSPS) is 10.8. The molecule has 0 bridgehead atoms. The van der Waals surface area contributed by atoms with Crippen LogP contribution in [0.2, 0.25) is 0 Å². The molecule has 2 N–H and O–H groups in total. The summed E-state index contributed by atoms with van der Waals surface area (Å²) < 4.78 is 1.46. The van der Waals surface area contributed by atoms with Crippen molar-refractivity contribution in [2.75, 3.05) is 5.32 Å². The van der Waals surface area contributed by atoms with Crippen molar-refractivity contribution in [1.29, 1.82) is 0 Å². The molecule has 0 unspecified atom stereocenters. The second-order valence-electron chi connectivity index (χ2n) is 5.47. The topological polar surface area (TPSA) is 84.2 Å². The summed E-state index contributed by atoms with van der Waals surface area (Å²) in [6, 6.07) is 10.4. The van der Waals surface area contributed by atoms with E-state index in [9.17, 15) is 14.7 Å². The number of nitrogens with zero attached hydrogens (tertiary/aromatic N) is 2. The Morgan fingerprint density at radius 3 is 2.67 bits per heavy atom. The van der Waals surface area contributed by atoms with Crippen LogP contribution in [-0.2, 0) is 6.54 Å². The van der Waals surface area contributed by atoms with Crippen LogP contribution in [0.25, 0.3) is 10.9 Å². The molecule has 0 aliphatic carbocycles. The first-order chi connectivity index (χ1) is 11.5. The van der Waals surface area contributed by atoms with Gasteiger partial charge in [-0.3, -0.25) is 9.59 Å². The number of hydrogen-bond acceptors (Lipinski definition) is 4. The van der Waals surface area contributed by atoms with Crippen molar-refractivity contribution in [1.82, 2.24) is 9.55 Å². The summed E-state index contributed by atoms with van der Waals surface area (Å²) in [6.45, 7) is 4.09. The van der Waals surface area contributed by atoms with Crippen LogP contribution in [0.1, 0.15) is 22.8 Å². The van der Waals surface area contributed by atoms with Crippen molar-refractivity contribution in [2.24, 2.45) is 0 Å². The van der Waals surface area contributed by atoms with E-state index in [1.807, 2.05) is 13.8 Å². The third-order valence-electron chi connectivity index (χ3n) is 3.84. The number of benzene rings is 1. The number of aryl methyl sites for hydroxylation is 2. The van der Waals surface area contributed by atoms with Gasteiger partial charge in [0.05, 0.1) is 5.52 Å². The molecule has 0 saturated heterocycles. The van der Waals surface area contributed by atoms with E-state index in [-0.39, 0.29) is 11.3 Å². The van der Waals surface area contributed by atoms with Crippen molar-refractivity contribution >= 4 is 22.6 Å². The molecule has 0 spiro atoms. The fourth-order valence-electron chi connectivity index (χ4n) is 2.63. The zero-order valence-corrected chi connectivity index (χ0v) is 13.4. The summed E-state index contributed by atoms with van der Waals surface area (Å²) in [5, 5.41) is 13.5. The molecule has 2 aromatic heterocycles. The highest BCUT2D eigenvalue weighted by molar-refractivity contribution is 6.08. The van der Waals surface area contributed by atoms with E-state index in [1.54, 1.807) is 42.6 Å². The van der Waals surface area contributed by atoms with Crippen molar-refractivity contribution in [3.63, 3.8) is 0 Å². The Labute approximate surface area is 138 Å². The van der Waals surface area contributed by atoms with E-state index in [1.165, 1.54) is 4.57 Å². The number of para-hydroxylation sites is 1. The van der Waals surface area contributed by atoms with Crippen molar-refractivity contribution in [3.05, 3.63) is 64.1 Å². The first kappa shape index (κ1) is 15.7. The number of aromatic hydroxyl groups is 1. The third-order valence-corrected chi connectivity index (χ3v) is 3.84. The van der Waals surface area contributed by atoms with Gasteiger partial charge >= 0.3 is 0 Å². The molecule has 1 amide bonds. The van der Waals surface area contributed by atoms with Crippen molar-refractivity contribution in [3.8, 4) is 5.75 Å². The summed E-state index contributed by atoms with van der Waals surface area (Å²) >= 11 is 0. The molecule has 122 valence electrons. The number of amides is 1. The monoisotopic (exact) mass is 323 g/mol. The van der Waals surface area contributed by atoms with Crippen molar-refractivity contribution in [2.45, 2.75) is 20.4 Å². The average Bonchev–Trinajstić information content (AvgIpc) is 2.57. The average molecular weight is 323 g/mol. The number of nitrogens with one attached hydrogen (secondary N) is 1. The number of aromatic nitrogens is 2. The Balaban J connectivity index is 2.13. The maximum absolute atomic E-state index is 12.6. The van der Waals surface area contributed by atoms with Crippen LogP contribution in [0, 0.1) is 6.92 Å². The van der Waals surface area contributed by atoms with Crippen LogP contribution >= 0.6 is 0 Å². The molecule has 24 heavy (non-hydrogen) atoms. The maximum Gasteiger partial charge on any atom is 0.267 e. The maximum atomic E-state index is 12.6. The molecule has 3 aromatic rings. The summed E-state index contributed by atoms with van der Waals surface area (Å²) in [5.41, 5.74) is 0.735. The number of carbonyl (C=O) groups excluding carboxylic acids is 1. The highest BCUT2D eigenvalue weighted by Crippen LogP contribution is 2.26. The molecule has 0 aliphatic heterocycles. The molecule has 0 aliphatic rings. The lowest BCUT2D eigenvalue weighted by molar-refractivity contribution is 0.102. The van der Waals surface area contributed by atoms with E-state index >= 15 is 0 Å². The number of carbonyl (C=O) groups is 1. The van der Waals surface area contributed by atoms with Gasteiger partial charge in [0.1, 0.15) is 17.1 Å². The molecule has 0 atom stereocenters. The second kappa shape index (κ2) is 6.16. The number of pyridine rings is 2. The molecule has 0 radical (unpaired) electrons. The predicted molar refractivity (Wildman–Crippen MR) is 92.5 cm³/mol. The van der Waals surface area contributed by atoms with Gasteiger partial charge in [0.15, 0.2) is 0 Å². The van der Waals surface area contributed by atoms with Crippen LogP contribution in [0.3, 0.4) is 0 Å². The van der Waals surface area contributed by atoms with E-state index < -0.39 is 11.5 Å². The van der Waals surface area contributed by atoms with Gasteiger partial charge in [-0.25, -0.2) is 4.98 Å². The van der Waals surface area contributed by atoms with Crippen LogP contribution in [0.4, 0.5) is 5.82 Å². The SMILES string of the molecule is CCn1c(=O)c(C(=O)Nc2ccc(C)cn2)c(O)c2ccccc21. The Morgan fingerprint density at radius 2 is 2.00 bits per heavy atom. The Bertz CT molecular complexity index is 975. The molecule has 2 heterocycles. The number of rotatable bonds is 3. The molecule has 0 fully saturated rings. The van der Waals surface area contributed by atoms with Gasteiger partial charge in [0, 0.05) is 18.1 Å². The largest absolute Gasteiger partial charge is 0.506 e. The zero-order valence-electron chi connectivity index (χ0n) is 13.4. The van der Waals surface area contributed by atoms with E-state index in [2.05, 4.69) is 10.3 Å². The minimum atomic E-state index is -0.679. The second-order valence-corrected chi connectivity index (χ2v) is 5.47. The molecule has 3 rings (SSSR count). The molecular formula is C18H17N3O3. The van der Waals surface area contributed by atoms with Crippen LogP contribution < -0.4 is 10.9 Å². The van der Waals surface area contributed by atoms with E-state index in [0.717, 1.165) is 5.56 Å². The minimum absolute atomic E-state index is 0.280. The smallest absolute Gasteiger partial charge is 0.267 e. The van der Waals surface area contributed by atoms with E-state index in [0.29, 0.717) is 23.3 Å². The lowest BCUT2D eigenvalue weighted by Crippen LogP contribution is -2.29. The highest BCUT2D eigenvalue weighted by atomic mass is 16.3. The van der Waals surface area contributed by atoms with Gasteiger partial charge in [-0.05, 0) is 37.6 Å². The molecule has 0 saturated carbocycles. The Hall–Kier alpha value is -3.15. The molecule has 1 aromatic carbocycles. The Kier molecular flexibility index (Phi) is 4.04. The van der Waals surface area contributed by atoms with Gasteiger partial charge < -0.3 is 15.0 Å². The first-order valence-corrected chi connectivity index (χ1v) is 7.61. The predicted octanol–water partition coefficient (Wildman–Crippen LogP) is 2.68. The van der Waals surface area contributed by atoms with Gasteiger partial charge in [0.25, 0.3) is 11.5 Å². The zero-order chi connectivity index (χ0) is 17.3. The van der Waals surface area contributed by atoms with Gasteiger partial charge in [-0.1, -0.05) is 18.2 Å². The lowest BCUT2D eigenvalue weighted by Gasteiger charge is -2.13. The van der Waals surface area contributed by atoms with Crippen LogP contribution in [0.15, 0.2) is 47.4 Å². The van der Waals surface area contributed by atoms with E-state index in [4.69, 9.17) is 0 Å². The molecule has 6 nitrogen and oxygen atoms in total. The highest BCUT2D eigenvalue weighted by Gasteiger charge is 2.22. The lowest BCUT2D eigenvalue weighted by atomic mass is 10.1. The number of anilines is 1. The number of hydrogen-bond donors (Lipinski definition) is 2. The van der Waals surface area contributed by atoms with Crippen LogP contribution in [-0.4, -0.2) is 20.6 Å². The van der Waals surface area contributed by atoms with Crippen LogP contribution in [0.5, 0.6) is 5.75 Å². The third kappa shape index (κ3) is 2.62. The fourth-order valence-corrected chi connectivity index (χ4v) is 2.63. The minimum Gasteiger partial charge on any atom is -0.506 e.